The molecule has 0 radical (unpaired) electrons. The van der Waals surface area contributed by atoms with Gasteiger partial charge in [-0.25, -0.2) is 0 Å². The predicted octanol–water partition coefficient (Wildman–Crippen LogP) is 0.149. The molecule has 0 amide bonds. The molecule has 0 fully saturated rings. The monoisotopic (exact) mass is 512 g/mol. The Morgan fingerprint density at radius 1 is 1.18 bits per heavy atom. The minimum Gasteiger partial charge on any atom is -1.00 e. The first-order valence-electron chi connectivity index (χ1n) is 7.99. The molecular formula is C18H22BrF2Na2O3PS. The van der Waals surface area contributed by atoms with Crippen molar-refractivity contribution in [1.29, 1.82) is 0 Å². The molecule has 0 aliphatic heterocycles. The van der Waals surface area contributed by atoms with Crippen molar-refractivity contribution >= 4 is 36.2 Å². The van der Waals surface area contributed by atoms with Crippen LogP contribution in [0.25, 0.3) is 0 Å². The Morgan fingerprint density at radius 2 is 1.75 bits per heavy atom. The summed E-state index contributed by atoms with van der Waals surface area (Å²) in [6, 6.07) is 14.0. The second-order valence-electron chi connectivity index (χ2n) is 6.27. The fraction of sp³-hybridized carbons (Fsp3) is 0.333. The van der Waals surface area contributed by atoms with Crippen LogP contribution in [0.3, 0.4) is 0 Å². The van der Waals surface area contributed by atoms with Crippen LogP contribution in [0.5, 0.6) is 0 Å². The second-order valence-corrected chi connectivity index (χ2v) is 9.33. The van der Waals surface area contributed by atoms with E-state index in [1.807, 2.05) is 25.1 Å². The summed E-state index contributed by atoms with van der Waals surface area (Å²) in [5, 5.41) is -0.187. The van der Waals surface area contributed by atoms with Crippen molar-refractivity contribution < 1.29 is 85.1 Å². The minimum atomic E-state index is -5.60. The molecule has 3 nitrogen and oxygen atoms in total. The maximum absolute atomic E-state index is 13.9. The minimum absolute atomic E-state index is 0. The summed E-state index contributed by atoms with van der Waals surface area (Å²) in [5.74, 6) is 0.179. The molecule has 2 aromatic carbocycles. The fourth-order valence-corrected chi connectivity index (χ4v) is 4.26. The number of aryl methyl sites for hydroxylation is 1. The zero-order valence-corrected chi connectivity index (χ0v) is 23.4. The van der Waals surface area contributed by atoms with Crippen LogP contribution in [-0.2, 0) is 16.6 Å². The number of alkyl halides is 2. The molecule has 2 rings (SSSR count). The summed E-state index contributed by atoms with van der Waals surface area (Å²) < 4.78 is 38.8. The van der Waals surface area contributed by atoms with E-state index in [9.17, 15) is 13.3 Å². The Balaban J connectivity index is -0.00000182. The second kappa shape index (κ2) is 12.4. The van der Waals surface area contributed by atoms with E-state index in [1.165, 1.54) is 17.7 Å². The van der Waals surface area contributed by atoms with Crippen molar-refractivity contribution in [2.75, 3.05) is 0 Å². The molecule has 0 bridgehead atoms. The maximum atomic E-state index is 13.9. The number of halogens is 3. The molecular weight excluding hydrogens is 491 g/mol. The summed E-state index contributed by atoms with van der Waals surface area (Å²) in [7, 11) is -5.60. The Bertz CT molecular complexity index is 819. The molecule has 2 N–H and O–H groups in total. The SMILES string of the molecule is CC(CCc1ccccc1)C(S)c1ccc(C(F)(F)P(=O)(O)O)c(Br)c1.[H-].[H-].[Na+].[Na+]. The average molecular weight is 513 g/mol. The molecule has 0 spiro atoms. The Morgan fingerprint density at radius 3 is 2.25 bits per heavy atom. The predicted molar refractivity (Wildman–Crippen MR) is 108 cm³/mol. The molecule has 0 heterocycles. The third-order valence-electron chi connectivity index (χ3n) is 4.29. The van der Waals surface area contributed by atoms with Crippen LogP contribution < -0.4 is 59.1 Å². The van der Waals surface area contributed by atoms with E-state index >= 15 is 0 Å². The van der Waals surface area contributed by atoms with Crippen LogP contribution in [0.2, 0.25) is 0 Å². The van der Waals surface area contributed by atoms with Gasteiger partial charge < -0.3 is 12.6 Å². The Hall–Kier alpha value is 1.28. The van der Waals surface area contributed by atoms with Crippen LogP contribution >= 0.6 is 36.2 Å². The van der Waals surface area contributed by atoms with Crippen molar-refractivity contribution in [3.63, 3.8) is 0 Å². The van der Waals surface area contributed by atoms with Crippen molar-refractivity contribution in [3.05, 3.63) is 69.7 Å². The number of hydrogen-bond donors (Lipinski definition) is 3. The maximum Gasteiger partial charge on any atom is 1.00 e. The van der Waals surface area contributed by atoms with Gasteiger partial charge in [0.1, 0.15) is 0 Å². The molecule has 0 saturated carbocycles. The number of benzene rings is 2. The number of rotatable bonds is 7. The first-order valence-corrected chi connectivity index (χ1v) is 10.9. The van der Waals surface area contributed by atoms with Gasteiger partial charge in [0, 0.05) is 15.3 Å². The van der Waals surface area contributed by atoms with E-state index in [2.05, 4.69) is 40.7 Å². The van der Waals surface area contributed by atoms with Crippen LogP contribution in [0.4, 0.5) is 8.78 Å². The smallest absolute Gasteiger partial charge is 1.00 e. The quantitative estimate of drug-likeness (QED) is 0.281. The average Bonchev–Trinajstić information content (AvgIpc) is 2.58. The van der Waals surface area contributed by atoms with Crippen LogP contribution in [0.15, 0.2) is 53.0 Å². The molecule has 0 aliphatic rings. The number of hydrogen-bond acceptors (Lipinski definition) is 2. The zero-order valence-electron chi connectivity index (χ0n) is 18.0. The Labute approximate surface area is 225 Å². The largest absolute Gasteiger partial charge is 1.00 e. The third-order valence-corrected chi connectivity index (χ3v) is 6.73. The Kier molecular flexibility index (Phi) is 12.9. The van der Waals surface area contributed by atoms with E-state index in [-0.39, 0.29) is 77.6 Å². The van der Waals surface area contributed by atoms with Gasteiger partial charge in [0.15, 0.2) is 0 Å². The normalized spacial score (nSPS) is 13.8. The van der Waals surface area contributed by atoms with E-state index < -0.39 is 18.8 Å². The molecule has 2 unspecified atom stereocenters. The van der Waals surface area contributed by atoms with Gasteiger partial charge in [-0.15, -0.1) is 0 Å². The van der Waals surface area contributed by atoms with Crippen molar-refractivity contribution in [2.24, 2.45) is 5.92 Å². The molecule has 10 heteroatoms. The van der Waals surface area contributed by atoms with E-state index in [1.54, 1.807) is 0 Å². The van der Waals surface area contributed by atoms with Gasteiger partial charge in [-0.3, -0.25) is 4.57 Å². The topological polar surface area (TPSA) is 57.5 Å². The van der Waals surface area contributed by atoms with Gasteiger partial charge in [-0.05, 0) is 36.0 Å². The standard InChI is InChI=1S/C18H20BrF2O3PS.2Na.2H/c1-12(7-8-13-5-3-2-4-6-13)17(26)14-9-10-15(16(19)11-14)18(20,21)25(22,23)24;;;;/h2-6,9-12,17,26H,7-8H2,1H3,(H2,22,23,24);;;;/q;2*+1;2*-1. The summed E-state index contributed by atoms with van der Waals surface area (Å²) in [5.41, 5.74) is -3.04. The molecule has 0 aromatic heterocycles. The summed E-state index contributed by atoms with van der Waals surface area (Å²) in [6.07, 6.45) is 1.75. The van der Waals surface area contributed by atoms with Gasteiger partial charge in [0.05, 0.1) is 0 Å². The summed E-state index contributed by atoms with van der Waals surface area (Å²) in [6.45, 7) is 2.03. The van der Waals surface area contributed by atoms with Crippen LogP contribution in [-0.4, -0.2) is 9.79 Å². The van der Waals surface area contributed by atoms with Gasteiger partial charge >= 0.3 is 72.4 Å². The fourth-order valence-electron chi connectivity index (χ4n) is 2.64. The number of thiol groups is 1. The van der Waals surface area contributed by atoms with E-state index in [0.717, 1.165) is 18.9 Å². The molecule has 28 heavy (non-hydrogen) atoms. The molecule has 2 aromatic rings. The van der Waals surface area contributed by atoms with Crippen molar-refractivity contribution in [1.82, 2.24) is 0 Å². The zero-order chi connectivity index (χ0) is 19.5. The third kappa shape index (κ3) is 7.45. The molecule has 0 saturated heterocycles. The van der Waals surface area contributed by atoms with Crippen molar-refractivity contribution in [3.8, 4) is 0 Å². The van der Waals surface area contributed by atoms with Crippen LogP contribution in [0.1, 0.15) is 38.1 Å². The summed E-state index contributed by atoms with van der Waals surface area (Å²) in [4.78, 5) is 17.8. The van der Waals surface area contributed by atoms with Crippen molar-refractivity contribution in [2.45, 2.75) is 30.7 Å². The van der Waals surface area contributed by atoms with Gasteiger partial charge in [0.25, 0.3) is 0 Å². The molecule has 0 aliphatic carbocycles. The van der Waals surface area contributed by atoms with Crippen LogP contribution in [0, 0.1) is 5.92 Å². The van der Waals surface area contributed by atoms with Gasteiger partial charge in [-0.2, -0.15) is 21.4 Å². The first-order chi connectivity index (χ1) is 12.0. The molecule has 2 atom stereocenters. The van der Waals surface area contributed by atoms with E-state index in [0.29, 0.717) is 5.56 Å². The first kappa shape index (κ1) is 29.3. The summed E-state index contributed by atoms with van der Waals surface area (Å²) >= 11 is 7.62. The molecule has 146 valence electrons. The van der Waals surface area contributed by atoms with Gasteiger partial charge in [0.2, 0.25) is 0 Å². The van der Waals surface area contributed by atoms with Gasteiger partial charge in [-0.1, -0.05) is 65.3 Å². The van der Waals surface area contributed by atoms with E-state index in [4.69, 9.17) is 9.79 Å².